The Morgan fingerprint density at radius 1 is 1.20 bits per heavy atom. The number of amides is 1. The fraction of sp³-hybridized carbons (Fsp3) is 0.632. The smallest absolute Gasteiger partial charge is 0.223 e. The number of nitrogens with zero attached hydrogens (tertiary/aromatic N) is 1. The first kappa shape index (κ1) is 19.4. The molecule has 0 bridgehead atoms. The molecular weight excluding hydrogens is 320 g/mol. The van der Waals surface area contributed by atoms with Gasteiger partial charge >= 0.3 is 0 Å². The molecule has 0 aromatic heterocycles. The van der Waals surface area contributed by atoms with Gasteiger partial charge in [-0.2, -0.15) is 0 Å². The van der Waals surface area contributed by atoms with Crippen molar-refractivity contribution in [2.45, 2.75) is 51.1 Å². The number of likely N-dealkylation sites (tertiary alicyclic amines) is 1. The van der Waals surface area contributed by atoms with Crippen LogP contribution in [0.25, 0.3) is 0 Å². The van der Waals surface area contributed by atoms with Gasteiger partial charge in [0, 0.05) is 25.0 Å². The number of aryl methyl sites for hydroxylation is 1. The summed E-state index contributed by atoms with van der Waals surface area (Å²) in [5.74, 6) is 1.94. The van der Waals surface area contributed by atoms with Gasteiger partial charge in [0.05, 0.1) is 21.3 Å². The van der Waals surface area contributed by atoms with Gasteiger partial charge in [0.15, 0.2) is 11.5 Å². The molecule has 2 atom stereocenters. The number of hydrogen-bond donors (Lipinski definition) is 1. The van der Waals surface area contributed by atoms with Crippen LogP contribution in [0, 0.1) is 0 Å². The molecule has 1 aliphatic rings. The number of carbonyl (C=O) groups excluding carboxylic acids is 1. The highest BCUT2D eigenvalue weighted by molar-refractivity contribution is 5.77. The van der Waals surface area contributed by atoms with Crippen LogP contribution >= 0.6 is 0 Å². The minimum atomic E-state index is 0.00502. The van der Waals surface area contributed by atoms with Gasteiger partial charge in [0.2, 0.25) is 11.7 Å². The number of ether oxygens (including phenoxy) is 3. The van der Waals surface area contributed by atoms with Crippen molar-refractivity contribution in [1.82, 2.24) is 4.90 Å². The van der Waals surface area contributed by atoms with Crippen molar-refractivity contribution in [3.63, 3.8) is 0 Å². The molecule has 1 aliphatic heterocycles. The molecule has 0 spiro atoms. The molecule has 1 heterocycles. The Morgan fingerprint density at radius 2 is 1.84 bits per heavy atom. The number of hydrogen-bond acceptors (Lipinski definition) is 5. The third-order valence-corrected chi connectivity index (χ3v) is 4.83. The highest BCUT2D eigenvalue weighted by atomic mass is 16.5. The molecule has 2 N–H and O–H groups in total. The Balaban J connectivity index is 2.08. The summed E-state index contributed by atoms with van der Waals surface area (Å²) < 4.78 is 16.1. The monoisotopic (exact) mass is 350 g/mol. The summed E-state index contributed by atoms with van der Waals surface area (Å²) >= 11 is 0. The van der Waals surface area contributed by atoms with E-state index < -0.39 is 0 Å². The molecule has 0 aliphatic carbocycles. The first-order chi connectivity index (χ1) is 12.0. The molecule has 1 amide bonds. The molecule has 0 saturated carbocycles. The average molecular weight is 350 g/mol. The first-order valence-corrected chi connectivity index (χ1v) is 8.85. The Morgan fingerprint density at radius 3 is 2.36 bits per heavy atom. The van der Waals surface area contributed by atoms with Gasteiger partial charge in [-0.25, -0.2) is 0 Å². The van der Waals surface area contributed by atoms with Crippen LogP contribution in [0.3, 0.4) is 0 Å². The lowest BCUT2D eigenvalue weighted by molar-refractivity contribution is -0.135. The Bertz CT molecular complexity index is 564. The third kappa shape index (κ3) is 4.57. The molecule has 6 nitrogen and oxygen atoms in total. The van der Waals surface area contributed by atoms with E-state index >= 15 is 0 Å². The molecule has 1 aromatic carbocycles. The van der Waals surface area contributed by atoms with Crippen molar-refractivity contribution in [2.24, 2.45) is 5.73 Å². The molecule has 1 saturated heterocycles. The van der Waals surface area contributed by atoms with Gasteiger partial charge in [0.1, 0.15) is 0 Å². The summed E-state index contributed by atoms with van der Waals surface area (Å²) in [6.45, 7) is 2.79. The van der Waals surface area contributed by atoms with Gasteiger partial charge in [-0.05, 0) is 50.3 Å². The van der Waals surface area contributed by atoms with E-state index in [1.807, 2.05) is 24.0 Å². The fourth-order valence-corrected chi connectivity index (χ4v) is 3.49. The molecule has 2 rings (SSSR count). The van der Waals surface area contributed by atoms with Gasteiger partial charge in [-0.3, -0.25) is 4.79 Å². The lowest BCUT2D eigenvalue weighted by Gasteiger charge is -2.38. The quantitative estimate of drug-likeness (QED) is 0.817. The van der Waals surface area contributed by atoms with Gasteiger partial charge in [-0.15, -0.1) is 0 Å². The largest absolute Gasteiger partial charge is 0.493 e. The third-order valence-electron chi connectivity index (χ3n) is 4.83. The SMILES string of the molecule is COc1cc(CCC(=O)N2CCCCC2C(C)N)cc(OC)c1OC. The van der Waals surface area contributed by atoms with Gasteiger partial charge < -0.3 is 24.8 Å². The topological polar surface area (TPSA) is 74.0 Å². The number of benzene rings is 1. The second-order valence-corrected chi connectivity index (χ2v) is 6.54. The minimum Gasteiger partial charge on any atom is -0.493 e. The fourth-order valence-electron chi connectivity index (χ4n) is 3.49. The Kier molecular flexibility index (Phi) is 6.93. The summed E-state index contributed by atoms with van der Waals surface area (Å²) in [4.78, 5) is 14.7. The number of piperidine rings is 1. The van der Waals surface area contributed by atoms with Crippen LogP contribution in [0.1, 0.15) is 38.2 Å². The second kappa shape index (κ2) is 8.94. The van der Waals surface area contributed by atoms with Crippen LogP contribution in [0.15, 0.2) is 12.1 Å². The van der Waals surface area contributed by atoms with Crippen molar-refractivity contribution in [3.8, 4) is 17.2 Å². The molecular formula is C19H30N2O4. The van der Waals surface area contributed by atoms with Gasteiger partial charge in [0.25, 0.3) is 0 Å². The summed E-state index contributed by atoms with van der Waals surface area (Å²) in [5.41, 5.74) is 7.05. The van der Waals surface area contributed by atoms with E-state index in [-0.39, 0.29) is 18.0 Å². The molecule has 2 unspecified atom stereocenters. The molecule has 1 fully saturated rings. The van der Waals surface area contributed by atoms with Crippen LogP contribution in [0.2, 0.25) is 0 Å². The summed E-state index contributed by atoms with van der Waals surface area (Å²) in [6.07, 6.45) is 4.26. The van der Waals surface area contributed by atoms with Crippen molar-refractivity contribution < 1.29 is 19.0 Å². The molecule has 25 heavy (non-hydrogen) atoms. The molecule has 6 heteroatoms. The number of rotatable bonds is 7. The Hall–Kier alpha value is -1.95. The first-order valence-electron chi connectivity index (χ1n) is 8.85. The molecule has 0 radical (unpaired) electrons. The predicted molar refractivity (Wildman–Crippen MR) is 97.4 cm³/mol. The Labute approximate surface area is 150 Å². The molecule has 140 valence electrons. The maximum atomic E-state index is 12.7. The summed E-state index contributed by atoms with van der Waals surface area (Å²) in [5, 5.41) is 0. The zero-order valence-corrected chi connectivity index (χ0v) is 15.7. The average Bonchev–Trinajstić information content (AvgIpc) is 2.64. The summed E-state index contributed by atoms with van der Waals surface area (Å²) in [7, 11) is 4.76. The highest BCUT2D eigenvalue weighted by Gasteiger charge is 2.28. The molecule has 1 aromatic rings. The standard InChI is InChI=1S/C19H30N2O4/c1-13(20)15-7-5-6-10-21(15)18(22)9-8-14-11-16(23-2)19(25-4)17(12-14)24-3/h11-13,15H,5-10,20H2,1-4H3. The van der Waals surface area contributed by atoms with Crippen LogP contribution in [0.4, 0.5) is 0 Å². The van der Waals surface area contributed by atoms with E-state index in [9.17, 15) is 4.79 Å². The van der Waals surface area contributed by atoms with E-state index in [0.29, 0.717) is 30.1 Å². The number of methoxy groups -OCH3 is 3. The van der Waals surface area contributed by atoms with E-state index in [2.05, 4.69) is 0 Å². The van der Waals surface area contributed by atoms with Crippen molar-refractivity contribution in [2.75, 3.05) is 27.9 Å². The van der Waals surface area contributed by atoms with Crippen molar-refractivity contribution in [1.29, 1.82) is 0 Å². The maximum absolute atomic E-state index is 12.7. The number of carbonyl (C=O) groups is 1. The lowest BCUT2D eigenvalue weighted by atomic mass is 9.96. The van der Waals surface area contributed by atoms with E-state index in [1.165, 1.54) is 0 Å². The summed E-state index contributed by atoms with van der Waals surface area (Å²) in [6, 6.07) is 3.95. The van der Waals surface area contributed by atoms with Crippen LogP contribution < -0.4 is 19.9 Å². The van der Waals surface area contributed by atoms with Crippen molar-refractivity contribution in [3.05, 3.63) is 17.7 Å². The maximum Gasteiger partial charge on any atom is 0.223 e. The lowest BCUT2D eigenvalue weighted by Crippen LogP contribution is -2.51. The van der Waals surface area contributed by atoms with E-state index in [0.717, 1.165) is 31.4 Å². The van der Waals surface area contributed by atoms with Crippen LogP contribution in [-0.4, -0.2) is 50.8 Å². The van der Waals surface area contributed by atoms with E-state index in [1.54, 1.807) is 21.3 Å². The van der Waals surface area contributed by atoms with Gasteiger partial charge in [-0.1, -0.05) is 0 Å². The zero-order valence-electron chi connectivity index (χ0n) is 15.7. The van der Waals surface area contributed by atoms with Crippen LogP contribution in [-0.2, 0) is 11.2 Å². The normalized spacial score (nSPS) is 18.6. The zero-order chi connectivity index (χ0) is 18.4. The van der Waals surface area contributed by atoms with Crippen LogP contribution in [0.5, 0.6) is 17.2 Å². The number of nitrogens with two attached hydrogens (primary N) is 1. The minimum absolute atomic E-state index is 0.00502. The second-order valence-electron chi connectivity index (χ2n) is 6.54. The van der Waals surface area contributed by atoms with E-state index in [4.69, 9.17) is 19.9 Å². The predicted octanol–water partition coefficient (Wildman–Crippen LogP) is 2.37. The van der Waals surface area contributed by atoms with Crippen molar-refractivity contribution >= 4 is 5.91 Å². The highest BCUT2D eigenvalue weighted by Crippen LogP contribution is 2.38.